The van der Waals surface area contributed by atoms with Crippen molar-refractivity contribution in [1.29, 1.82) is 0 Å². The number of nitrogens with zero attached hydrogens (tertiary/aromatic N) is 3. The molecule has 1 saturated heterocycles. The smallest absolute Gasteiger partial charge is 0.236 e. The van der Waals surface area contributed by atoms with Crippen LogP contribution >= 0.6 is 0 Å². The van der Waals surface area contributed by atoms with Gasteiger partial charge in [-0.1, -0.05) is 12.8 Å². The zero-order valence-electron chi connectivity index (χ0n) is 12.4. The number of hydrogen-bond donors (Lipinski definition) is 0. The first-order valence-electron chi connectivity index (χ1n) is 7.61. The van der Waals surface area contributed by atoms with Crippen molar-refractivity contribution in [2.75, 3.05) is 33.2 Å². The van der Waals surface area contributed by atoms with Crippen molar-refractivity contribution in [3.05, 3.63) is 30.1 Å². The Morgan fingerprint density at radius 3 is 2.50 bits per heavy atom. The Kier molecular flexibility index (Phi) is 5.99. The van der Waals surface area contributed by atoms with Gasteiger partial charge >= 0.3 is 0 Å². The fraction of sp³-hybridized carbons (Fsp3) is 0.625. The van der Waals surface area contributed by atoms with Gasteiger partial charge in [0.1, 0.15) is 0 Å². The highest BCUT2D eigenvalue weighted by molar-refractivity contribution is 5.78. The van der Waals surface area contributed by atoms with E-state index >= 15 is 0 Å². The van der Waals surface area contributed by atoms with Gasteiger partial charge in [-0.3, -0.25) is 14.7 Å². The van der Waals surface area contributed by atoms with E-state index in [2.05, 4.69) is 9.88 Å². The quantitative estimate of drug-likeness (QED) is 0.824. The minimum absolute atomic E-state index is 0.282. The largest absolute Gasteiger partial charge is 0.342 e. The molecule has 0 atom stereocenters. The van der Waals surface area contributed by atoms with Crippen LogP contribution in [0.25, 0.3) is 0 Å². The number of hydrogen-bond acceptors (Lipinski definition) is 3. The topological polar surface area (TPSA) is 36.4 Å². The molecule has 1 aliphatic rings. The van der Waals surface area contributed by atoms with Crippen molar-refractivity contribution in [1.82, 2.24) is 14.8 Å². The zero-order chi connectivity index (χ0) is 14.2. The van der Waals surface area contributed by atoms with Crippen LogP contribution in [0.5, 0.6) is 0 Å². The van der Waals surface area contributed by atoms with Gasteiger partial charge in [0.15, 0.2) is 0 Å². The number of carbonyl (C=O) groups excluding carboxylic acids is 1. The van der Waals surface area contributed by atoms with Crippen LogP contribution in [0.2, 0.25) is 0 Å². The normalized spacial score (nSPS) is 16.2. The van der Waals surface area contributed by atoms with Crippen LogP contribution in [0.1, 0.15) is 31.2 Å². The predicted molar refractivity (Wildman–Crippen MR) is 80.5 cm³/mol. The summed E-state index contributed by atoms with van der Waals surface area (Å²) < 4.78 is 0. The molecule has 0 bridgehead atoms. The maximum absolute atomic E-state index is 12.2. The fourth-order valence-corrected chi connectivity index (χ4v) is 2.60. The molecule has 20 heavy (non-hydrogen) atoms. The average Bonchev–Trinajstić information content (AvgIpc) is 2.75. The first-order valence-corrected chi connectivity index (χ1v) is 7.61. The lowest BCUT2D eigenvalue weighted by molar-refractivity contribution is -0.132. The van der Waals surface area contributed by atoms with Crippen molar-refractivity contribution in [2.45, 2.75) is 32.1 Å². The molecule has 0 unspecified atom stereocenters. The second-order valence-corrected chi connectivity index (χ2v) is 5.64. The lowest BCUT2D eigenvalue weighted by Gasteiger charge is -2.24. The van der Waals surface area contributed by atoms with Gasteiger partial charge in [0.25, 0.3) is 0 Å². The van der Waals surface area contributed by atoms with E-state index in [0.717, 1.165) is 38.9 Å². The predicted octanol–water partition coefficient (Wildman–Crippen LogP) is 1.96. The fourth-order valence-electron chi connectivity index (χ4n) is 2.60. The number of amides is 1. The summed E-state index contributed by atoms with van der Waals surface area (Å²) in [5, 5.41) is 0. The molecule has 4 nitrogen and oxygen atoms in total. The summed E-state index contributed by atoms with van der Waals surface area (Å²) in [6.07, 6.45) is 9.45. The summed E-state index contributed by atoms with van der Waals surface area (Å²) >= 11 is 0. The molecule has 1 aromatic heterocycles. The Hall–Kier alpha value is -1.42. The Morgan fingerprint density at radius 2 is 1.85 bits per heavy atom. The number of aromatic nitrogens is 1. The van der Waals surface area contributed by atoms with Crippen LogP contribution in [0.15, 0.2) is 24.5 Å². The van der Waals surface area contributed by atoms with Gasteiger partial charge in [-0.25, -0.2) is 0 Å². The molecule has 0 N–H and O–H groups in total. The van der Waals surface area contributed by atoms with E-state index < -0.39 is 0 Å². The Morgan fingerprint density at radius 1 is 1.20 bits per heavy atom. The van der Waals surface area contributed by atoms with Crippen LogP contribution < -0.4 is 0 Å². The molecule has 110 valence electrons. The molecule has 0 radical (unpaired) electrons. The monoisotopic (exact) mass is 275 g/mol. The number of carbonyl (C=O) groups is 1. The van der Waals surface area contributed by atoms with E-state index in [4.69, 9.17) is 0 Å². The molecule has 1 aliphatic heterocycles. The highest BCUT2D eigenvalue weighted by Gasteiger charge is 2.16. The lowest BCUT2D eigenvalue weighted by Crippen LogP contribution is -2.40. The first kappa shape index (κ1) is 15.0. The van der Waals surface area contributed by atoms with Crippen molar-refractivity contribution >= 4 is 5.91 Å². The molecule has 0 aliphatic carbocycles. The number of likely N-dealkylation sites (tertiary alicyclic amines) is 1. The second-order valence-electron chi connectivity index (χ2n) is 5.64. The van der Waals surface area contributed by atoms with Gasteiger partial charge in [-0.05, 0) is 44.0 Å². The van der Waals surface area contributed by atoms with E-state index in [-0.39, 0.29) is 5.91 Å². The van der Waals surface area contributed by atoms with Crippen molar-refractivity contribution < 1.29 is 4.79 Å². The molecule has 1 amide bonds. The molecule has 2 heterocycles. The SMILES string of the molecule is CN(CCc1ccncc1)CC(=O)N1CCCCCC1. The van der Waals surface area contributed by atoms with Crippen LogP contribution in [-0.4, -0.2) is 53.9 Å². The van der Waals surface area contributed by atoms with E-state index in [1.165, 1.54) is 18.4 Å². The van der Waals surface area contributed by atoms with Crippen LogP contribution in [-0.2, 0) is 11.2 Å². The molecule has 0 aromatic carbocycles. The first-order chi connectivity index (χ1) is 9.75. The summed E-state index contributed by atoms with van der Waals surface area (Å²) in [6.45, 7) is 3.32. The van der Waals surface area contributed by atoms with Gasteiger partial charge in [0, 0.05) is 32.0 Å². The number of pyridine rings is 1. The third kappa shape index (κ3) is 4.93. The lowest BCUT2D eigenvalue weighted by atomic mass is 10.2. The van der Waals surface area contributed by atoms with E-state index in [9.17, 15) is 4.79 Å². The van der Waals surface area contributed by atoms with Crippen LogP contribution in [0.4, 0.5) is 0 Å². The third-order valence-electron chi connectivity index (χ3n) is 3.90. The summed E-state index contributed by atoms with van der Waals surface area (Å²) in [5.74, 6) is 0.282. The van der Waals surface area contributed by atoms with Crippen LogP contribution in [0, 0.1) is 0 Å². The average molecular weight is 275 g/mol. The Balaban J connectivity index is 1.73. The van der Waals surface area contributed by atoms with E-state index in [1.54, 1.807) is 0 Å². The van der Waals surface area contributed by atoms with E-state index in [1.807, 2.05) is 36.5 Å². The third-order valence-corrected chi connectivity index (χ3v) is 3.90. The Bertz CT molecular complexity index is 399. The molecular weight excluding hydrogens is 250 g/mol. The molecule has 0 saturated carbocycles. The van der Waals surface area contributed by atoms with E-state index in [0.29, 0.717) is 6.54 Å². The zero-order valence-corrected chi connectivity index (χ0v) is 12.4. The standard InChI is InChI=1S/C16H25N3O/c1-18(13-8-15-6-9-17-10-7-15)14-16(20)19-11-4-2-3-5-12-19/h6-7,9-10H,2-5,8,11-14H2,1H3. The van der Waals surface area contributed by atoms with Gasteiger partial charge in [0.2, 0.25) is 5.91 Å². The minimum atomic E-state index is 0.282. The van der Waals surface area contributed by atoms with Gasteiger partial charge in [-0.15, -0.1) is 0 Å². The molecular formula is C16H25N3O. The molecule has 0 spiro atoms. The highest BCUT2D eigenvalue weighted by atomic mass is 16.2. The summed E-state index contributed by atoms with van der Waals surface area (Å²) in [4.78, 5) is 20.4. The second kappa shape index (κ2) is 8.00. The minimum Gasteiger partial charge on any atom is -0.342 e. The highest BCUT2D eigenvalue weighted by Crippen LogP contribution is 2.10. The summed E-state index contributed by atoms with van der Waals surface area (Å²) in [7, 11) is 2.02. The molecule has 1 fully saturated rings. The Labute approximate surface area is 121 Å². The van der Waals surface area contributed by atoms with Crippen molar-refractivity contribution in [3.8, 4) is 0 Å². The number of likely N-dealkylation sites (N-methyl/N-ethyl adjacent to an activating group) is 1. The maximum atomic E-state index is 12.2. The summed E-state index contributed by atoms with van der Waals surface area (Å²) in [5.41, 5.74) is 1.27. The summed E-state index contributed by atoms with van der Waals surface area (Å²) in [6, 6.07) is 4.06. The van der Waals surface area contributed by atoms with Gasteiger partial charge in [0.05, 0.1) is 6.54 Å². The van der Waals surface area contributed by atoms with Crippen molar-refractivity contribution in [3.63, 3.8) is 0 Å². The van der Waals surface area contributed by atoms with Gasteiger partial charge < -0.3 is 4.90 Å². The maximum Gasteiger partial charge on any atom is 0.236 e. The van der Waals surface area contributed by atoms with Crippen molar-refractivity contribution in [2.24, 2.45) is 0 Å². The molecule has 1 aromatic rings. The number of rotatable bonds is 5. The van der Waals surface area contributed by atoms with Crippen LogP contribution in [0.3, 0.4) is 0 Å². The molecule has 4 heteroatoms. The molecule has 2 rings (SSSR count). The van der Waals surface area contributed by atoms with Gasteiger partial charge in [-0.2, -0.15) is 0 Å².